The zero-order chi connectivity index (χ0) is 4.83. The molecular formula is C5H7Er. The van der Waals surface area contributed by atoms with Gasteiger partial charge in [-0.05, 0) is 0 Å². The SMILES string of the molecule is CC=CC=[CH][Er]. The van der Waals surface area contributed by atoms with Crippen LogP contribution in [0.15, 0.2) is 20.5 Å². The molecule has 0 amide bonds. The summed E-state index contributed by atoms with van der Waals surface area (Å²) in [6.45, 7) is 1.99. The Labute approximate surface area is 62.3 Å². The molecule has 0 nitrogen and oxygen atoms in total. The molecule has 0 unspecified atom stereocenters. The van der Waals surface area contributed by atoms with E-state index in [0.717, 1.165) is 0 Å². The fourth-order valence-corrected chi connectivity index (χ4v) is 0.349. The van der Waals surface area contributed by atoms with Crippen LogP contribution >= 0.6 is 0 Å². The second-order valence-corrected chi connectivity index (χ2v) is 1.43. The fraction of sp³-hybridized carbons (Fsp3) is 0.200. The van der Waals surface area contributed by atoms with Gasteiger partial charge in [0.05, 0.1) is 0 Å². The van der Waals surface area contributed by atoms with E-state index >= 15 is 0 Å². The van der Waals surface area contributed by atoms with E-state index in [1.165, 1.54) is 0 Å². The van der Waals surface area contributed by atoms with Crippen LogP contribution in [0.4, 0.5) is 0 Å². The Morgan fingerprint density at radius 3 is 2.17 bits per heavy atom. The van der Waals surface area contributed by atoms with Crippen molar-refractivity contribution in [1.29, 1.82) is 0 Å². The first-order valence-electron chi connectivity index (χ1n) is 1.74. The van der Waals surface area contributed by atoms with E-state index in [-0.39, 0.29) is 0 Å². The topological polar surface area (TPSA) is 0 Å². The average Bonchev–Trinajstić information content (AvgIpc) is 1.61. The molecule has 1 heteroatoms. The molecule has 0 aromatic carbocycles. The van der Waals surface area contributed by atoms with E-state index in [4.69, 9.17) is 0 Å². The molecule has 0 atom stereocenters. The van der Waals surface area contributed by atoms with Gasteiger partial charge in [-0.1, -0.05) is 0 Å². The van der Waals surface area contributed by atoms with Gasteiger partial charge in [0.25, 0.3) is 0 Å². The van der Waals surface area contributed by atoms with Crippen molar-refractivity contribution < 1.29 is 35.4 Å². The van der Waals surface area contributed by atoms with Crippen LogP contribution in [0.2, 0.25) is 0 Å². The number of hydrogen-bond acceptors (Lipinski definition) is 0. The maximum absolute atomic E-state index is 2.50. The van der Waals surface area contributed by atoms with E-state index in [9.17, 15) is 0 Å². The number of hydrogen-bond donors (Lipinski definition) is 0. The molecule has 0 N–H and O–H groups in total. The fourth-order valence-electron chi connectivity index (χ4n) is 0.143. The standard InChI is InChI=1S/C5H7.Er/c1-3-5-4-2;/h1,3-5H,2H3;. The van der Waals surface area contributed by atoms with Crippen molar-refractivity contribution in [3.63, 3.8) is 0 Å². The summed E-state index contributed by atoms with van der Waals surface area (Å²) in [5.41, 5.74) is 0. The monoisotopic (exact) mass is 233 g/mol. The van der Waals surface area contributed by atoms with E-state index in [0.29, 0.717) is 0 Å². The van der Waals surface area contributed by atoms with Gasteiger partial charge in [0.15, 0.2) is 0 Å². The molecule has 0 radical (unpaired) electrons. The van der Waals surface area contributed by atoms with Crippen LogP contribution in [0.1, 0.15) is 6.92 Å². The first-order chi connectivity index (χ1) is 2.91. The Morgan fingerprint density at radius 2 is 2.00 bits per heavy atom. The average molecular weight is 234 g/mol. The Kier molecular flexibility index (Phi) is 6.42. The quantitative estimate of drug-likeness (QED) is 0.605. The minimum atomic E-state index is 1.92. The zero-order valence-corrected chi connectivity index (χ0v) is 5.45. The molecule has 0 fully saturated rings. The first kappa shape index (κ1) is 6.73. The van der Waals surface area contributed by atoms with E-state index in [1.807, 2.05) is 27.4 Å². The van der Waals surface area contributed by atoms with Crippen LogP contribution in [0.5, 0.6) is 0 Å². The number of allylic oxidation sites excluding steroid dienone is 3. The van der Waals surface area contributed by atoms with E-state index < -0.39 is 0 Å². The summed E-state index contributed by atoms with van der Waals surface area (Å²) in [6, 6.07) is 0. The van der Waals surface area contributed by atoms with Crippen molar-refractivity contribution >= 4 is 0 Å². The van der Waals surface area contributed by atoms with Crippen molar-refractivity contribution in [3.8, 4) is 0 Å². The molecule has 0 saturated carbocycles. The molecule has 0 aromatic heterocycles. The summed E-state index contributed by atoms with van der Waals surface area (Å²) in [5.74, 6) is 0. The van der Waals surface area contributed by atoms with Gasteiger partial charge in [-0.15, -0.1) is 0 Å². The Bertz CT molecular complexity index is 52.3. The second-order valence-electron chi connectivity index (χ2n) is 0.814. The Morgan fingerprint density at radius 1 is 1.33 bits per heavy atom. The molecule has 0 rings (SSSR count). The van der Waals surface area contributed by atoms with Gasteiger partial charge in [0, 0.05) is 0 Å². The summed E-state index contributed by atoms with van der Waals surface area (Å²) in [5, 5.41) is 0. The molecule has 0 heterocycles. The molecule has 0 aliphatic rings. The van der Waals surface area contributed by atoms with Gasteiger partial charge in [0.2, 0.25) is 0 Å². The second kappa shape index (κ2) is 5.73. The van der Waals surface area contributed by atoms with Crippen molar-refractivity contribution in [3.05, 3.63) is 20.5 Å². The van der Waals surface area contributed by atoms with Crippen molar-refractivity contribution in [2.45, 2.75) is 6.92 Å². The molecule has 0 saturated heterocycles. The zero-order valence-electron chi connectivity index (χ0n) is 3.60. The van der Waals surface area contributed by atoms with Gasteiger partial charge >= 0.3 is 62.8 Å². The molecule has 6 heavy (non-hydrogen) atoms. The predicted octanol–water partition coefficient (Wildman–Crippen LogP) is 1.63. The molecule has 0 spiro atoms. The van der Waals surface area contributed by atoms with Gasteiger partial charge in [-0.2, -0.15) is 0 Å². The molecule has 0 bridgehead atoms. The van der Waals surface area contributed by atoms with Crippen molar-refractivity contribution in [1.82, 2.24) is 0 Å². The third-order valence-electron chi connectivity index (χ3n) is 0.359. The van der Waals surface area contributed by atoms with Crippen molar-refractivity contribution in [2.24, 2.45) is 0 Å². The molecule has 0 aliphatic heterocycles. The predicted molar refractivity (Wildman–Crippen MR) is 24.0 cm³/mol. The van der Waals surface area contributed by atoms with Crippen LogP contribution in [0.3, 0.4) is 0 Å². The van der Waals surface area contributed by atoms with E-state index in [1.54, 1.807) is 0 Å². The minimum absolute atomic E-state index is 1.92. The first-order valence-corrected chi connectivity index (χ1v) is 2.81. The summed E-state index contributed by atoms with van der Waals surface area (Å²) < 4.78 is 1.92. The van der Waals surface area contributed by atoms with Gasteiger partial charge in [-0.3, -0.25) is 0 Å². The summed E-state index contributed by atoms with van der Waals surface area (Å²) >= 11 is 2.50. The van der Waals surface area contributed by atoms with Gasteiger partial charge < -0.3 is 0 Å². The maximum atomic E-state index is 2.50. The van der Waals surface area contributed by atoms with Crippen LogP contribution in [0.25, 0.3) is 0 Å². The van der Waals surface area contributed by atoms with Crippen LogP contribution in [0, 0.1) is 35.4 Å². The molecule has 39 valence electrons. The Balaban J connectivity index is 3.07. The summed E-state index contributed by atoms with van der Waals surface area (Å²) in [6.07, 6.45) is 5.93. The molecule has 0 aliphatic carbocycles. The van der Waals surface area contributed by atoms with Crippen LogP contribution < -0.4 is 0 Å². The molecular weight excluding hydrogens is 227 g/mol. The third kappa shape index (κ3) is 4.73. The van der Waals surface area contributed by atoms with Crippen LogP contribution in [-0.2, 0) is 0 Å². The van der Waals surface area contributed by atoms with E-state index in [2.05, 4.69) is 35.4 Å². The third-order valence-corrected chi connectivity index (χ3v) is 0.716. The van der Waals surface area contributed by atoms with Gasteiger partial charge in [0.1, 0.15) is 0 Å². The van der Waals surface area contributed by atoms with Crippen molar-refractivity contribution in [2.75, 3.05) is 0 Å². The van der Waals surface area contributed by atoms with Gasteiger partial charge in [-0.25, -0.2) is 0 Å². The normalized spacial score (nSPS) is 11.8. The number of rotatable bonds is 1. The van der Waals surface area contributed by atoms with Crippen LogP contribution in [-0.4, -0.2) is 0 Å². The summed E-state index contributed by atoms with van der Waals surface area (Å²) in [4.78, 5) is 0. The summed E-state index contributed by atoms with van der Waals surface area (Å²) in [7, 11) is 0. The molecule has 0 aromatic rings. The Hall–Kier alpha value is 0.727.